The molecule has 0 aromatic heterocycles. The predicted molar refractivity (Wildman–Crippen MR) is 189 cm³/mol. The summed E-state index contributed by atoms with van der Waals surface area (Å²) in [4.78, 5) is 26.6. The molecule has 1 aliphatic carbocycles. The maximum Gasteiger partial charge on any atom is 0.259 e. The van der Waals surface area contributed by atoms with Crippen LogP contribution in [0.2, 0.25) is 0 Å². The summed E-state index contributed by atoms with van der Waals surface area (Å²) in [6.45, 7) is 4.43. The highest BCUT2D eigenvalue weighted by Gasteiger charge is 2.40. The maximum atomic E-state index is 14.3. The number of benzene rings is 5. The number of amides is 1. The van der Waals surface area contributed by atoms with Crippen LogP contribution in [0.1, 0.15) is 52.1 Å². The second-order valence-corrected chi connectivity index (χ2v) is 11.7. The Labute approximate surface area is 269 Å². The maximum absolute atomic E-state index is 14.3. The van der Waals surface area contributed by atoms with Gasteiger partial charge in [-0.25, -0.2) is 9.98 Å². The van der Waals surface area contributed by atoms with Crippen LogP contribution in [0.25, 0.3) is 17.3 Å². The van der Waals surface area contributed by atoms with Gasteiger partial charge in [-0.3, -0.25) is 9.69 Å². The first-order chi connectivity index (χ1) is 22.7. The van der Waals surface area contributed by atoms with E-state index >= 15 is 0 Å². The molecule has 220 valence electrons. The van der Waals surface area contributed by atoms with Crippen molar-refractivity contribution in [3.05, 3.63) is 185 Å². The number of hydrogen-bond donors (Lipinski definition) is 0. The van der Waals surface area contributed by atoms with Gasteiger partial charge >= 0.3 is 0 Å². The van der Waals surface area contributed by atoms with Gasteiger partial charge in [0, 0.05) is 28.3 Å². The van der Waals surface area contributed by atoms with Crippen molar-refractivity contribution in [2.45, 2.75) is 18.8 Å². The van der Waals surface area contributed by atoms with E-state index in [1.807, 2.05) is 72.8 Å². The summed E-state index contributed by atoms with van der Waals surface area (Å²) in [5.74, 6) is 0.274. The number of allylic oxidation sites excluding steroid dienone is 2. The number of nitrogens with zero attached hydrogens (tertiary/aromatic N) is 3. The number of amidine groups is 1. The molecule has 0 bridgehead atoms. The van der Waals surface area contributed by atoms with E-state index in [-0.39, 0.29) is 11.8 Å². The molecule has 3 aliphatic rings. The lowest BCUT2D eigenvalue weighted by atomic mass is 9.86. The largest absolute Gasteiger partial charge is 0.277 e. The zero-order valence-electron chi connectivity index (χ0n) is 25.3. The molecule has 5 aromatic carbocycles. The monoisotopic (exact) mass is 593 g/mol. The zero-order chi connectivity index (χ0) is 31.0. The molecule has 0 saturated heterocycles. The van der Waals surface area contributed by atoms with E-state index in [2.05, 4.69) is 79.4 Å². The summed E-state index contributed by atoms with van der Waals surface area (Å²) in [6, 6.07) is 44.9. The number of anilines is 2. The van der Waals surface area contributed by atoms with E-state index in [9.17, 15) is 4.79 Å². The molecule has 46 heavy (non-hydrogen) atoms. The lowest BCUT2D eigenvalue weighted by molar-refractivity contribution is -0.114. The third-order valence-corrected chi connectivity index (χ3v) is 8.96. The van der Waals surface area contributed by atoms with Crippen molar-refractivity contribution in [2.24, 2.45) is 9.98 Å². The standard InChI is InChI=1S/C42H31N3O/c1-28-40-33-22-13-23-34(35(33)27-36(40)32-21-11-12-26-39(32)45(42(28)46)31-19-9-4-10-20-31)41-43-37(29-15-5-2-6-16-29)24-14-25-38(44-41)30-17-7-3-8-18-30/h2-13,15-24,26-27,40H,1,14,25H2/b37-24-,43-41?,44-38?. The molecular formula is C42H31N3O. The van der Waals surface area contributed by atoms with Crippen molar-refractivity contribution in [3.8, 4) is 0 Å². The Balaban J connectivity index is 1.33. The van der Waals surface area contributed by atoms with Gasteiger partial charge in [-0.15, -0.1) is 0 Å². The van der Waals surface area contributed by atoms with Crippen LogP contribution in [-0.4, -0.2) is 17.5 Å². The average Bonchev–Trinajstić information content (AvgIpc) is 3.46. The van der Waals surface area contributed by atoms with E-state index in [0.717, 1.165) is 74.6 Å². The molecule has 2 aliphatic heterocycles. The van der Waals surface area contributed by atoms with Crippen molar-refractivity contribution in [1.82, 2.24) is 0 Å². The van der Waals surface area contributed by atoms with E-state index < -0.39 is 0 Å². The molecular weight excluding hydrogens is 562 g/mol. The van der Waals surface area contributed by atoms with Crippen LogP contribution in [0, 0.1) is 0 Å². The van der Waals surface area contributed by atoms with E-state index in [1.54, 1.807) is 4.90 Å². The zero-order valence-corrected chi connectivity index (χ0v) is 25.3. The summed E-state index contributed by atoms with van der Waals surface area (Å²) < 4.78 is 0. The Kier molecular flexibility index (Phi) is 6.96. The quantitative estimate of drug-likeness (QED) is 0.191. The normalized spacial score (nSPS) is 18.4. The molecule has 0 spiro atoms. The van der Waals surface area contributed by atoms with Gasteiger partial charge in [-0.05, 0) is 64.9 Å². The second-order valence-electron chi connectivity index (χ2n) is 11.7. The Hall–Kier alpha value is -5.87. The molecule has 2 heterocycles. The molecule has 8 rings (SSSR count). The van der Waals surface area contributed by atoms with E-state index in [1.165, 1.54) is 0 Å². The first-order valence-corrected chi connectivity index (χ1v) is 15.7. The third kappa shape index (κ3) is 4.76. The van der Waals surface area contributed by atoms with Crippen LogP contribution in [0.4, 0.5) is 11.4 Å². The van der Waals surface area contributed by atoms with Crippen molar-refractivity contribution in [3.63, 3.8) is 0 Å². The van der Waals surface area contributed by atoms with Crippen molar-refractivity contribution in [2.75, 3.05) is 4.90 Å². The molecule has 4 nitrogen and oxygen atoms in total. The molecule has 1 atom stereocenters. The first-order valence-electron chi connectivity index (χ1n) is 15.7. The van der Waals surface area contributed by atoms with Crippen molar-refractivity contribution < 1.29 is 4.79 Å². The van der Waals surface area contributed by atoms with Gasteiger partial charge in [0.05, 0.1) is 17.1 Å². The fourth-order valence-corrected chi connectivity index (χ4v) is 6.79. The van der Waals surface area contributed by atoms with Gasteiger partial charge in [0.2, 0.25) is 0 Å². The Bertz CT molecular complexity index is 2120. The molecule has 1 unspecified atom stereocenters. The van der Waals surface area contributed by atoms with Gasteiger partial charge in [-0.1, -0.05) is 128 Å². The minimum absolute atomic E-state index is 0.104. The first kappa shape index (κ1) is 27.7. The number of rotatable bonds is 4. The highest BCUT2D eigenvalue weighted by molar-refractivity contribution is 6.20. The number of hydrogen-bond acceptors (Lipinski definition) is 3. The van der Waals surface area contributed by atoms with Crippen LogP contribution in [-0.2, 0) is 4.79 Å². The predicted octanol–water partition coefficient (Wildman–Crippen LogP) is 9.63. The summed E-state index contributed by atoms with van der Waals surface area (Å²) >= 11 is 0. The van der Waals surface area contributed by atoms with Crippen LogP contribution >= 0.6 is 0 Å². The number of para-hydroxylation sites is 2. The third-order valence-electron chi connectivity index (χ3n) is 8.96. The summed E-state index contributed by atoms with van der Waals surface area (Å²) in [7, 11) is 0. The van der Waals surface area contributed by atoms with Gasteiger partial charge in [-0.2, -0.15) is 0 Å². The van der Waals surface area contributed by atoms with E-state index in [0.29, 0.717) is 11.4 Å². The number of carbonyl (C=O) groups excluding carboxylic acids is 1. The number of fused-ring (bicyclic) bond motifs is 5. The van der Waals surface area contributed by atoms with Crippen molar-refractivity contribution >= 4 is 46.2 Å². The molecule has 4 heteroatoms. The Morgan fingerprint density at radius 1 is 0.674 bits per heavy atom. The van der Waals surface area contributed by atoms with Gasteiger partial charge < -0.3 is 0 Å². The van der Waals surface area contributed by atoms with Crippen molar-refractivity contribution in [1.29, 1.82) is 0 Å². The molecule has 0 radical (unpaired) electrons. The average molecular weight is 594 g/mol. The number of aliphatic imine (C=N–C) groups is 2. The van der Waals surface area contributed by atoms with Gasteiger partial charge in [0.25, 0.3) is 5.91 Å². The molecule has 0 fully saturated rings. The second kappa shape index (κ2) is 11.6. The minimum atomic E-state index is -0.284. The van der Waals surface area contributed by atoms with Gasteiger partial charge in [0.1, 0.15) is 0 Å². The highest BCUT2D eigenvalue weighted by Crippen LogP contribution is 2.52. The SMILES string of the molecule is C=C1C(=O)N(c2ccccc2)c2ccccc2C2=Cc3c(C4=N/C(c5ccccc5)=C\CCC(c5ccccc5)=N4)cccc3C12. The lowest BCUT2D eigenvalue weighted by Gasteiger charge is -2.24. The smallest absolute Gasteiger partial charge is 0.259 e. The minimum Gasteiger partial charge on any atom is -0.277 e. The Morgan fingerprint density at radius 2 is 1.33 bits per heavy atom. The summed E-state index contributed by atoms with van der Waals surface area (Å²) in [5.41, 5.74) is 11.4. The van der Waals surface area contributed by atoms with Crippen LogP contribution in [0.3, 0.4) is 0 Å². The lowest BCUT2D eigenvalue weighted by Crippen LogP contribution is -2.27. The molecule has 0 saturated carbocycles. The highest BCUT2D eigenvalue weighted by atomic mass is 16.2. The fraction of sp³-hybridized carbons (Fsp3) is 0.0714. The molecule has 0 N–H and O–H groups in total. The Morgan fingerprint density at radius 3 is 2.09 bits per heavy atom. The number of carbonyl (C=O) groups is 1. The topological polar surface area (TPSA) is 45.0 Å². The summed E-state index contributed by atoms with van der Waals surface area (Å²) in [5, 5.41) is 0. The summed E-state index contributed by atoms with van der Waals surface area (Å²) in [6.07, 6.45) is 6.08. The molecule has 5 aromatic rings. The molecule has 1 amide bonds. The fourth-order valence-electron chi connectivity index (χ4n) is 6.79. The van der Waals surface area contributed by atoms with Crippen LogP contribution in [0.5, 0.6) is 0 Å². The van der Waals surface area contributed by atoms with Gasteiger partial charge in [0.15, 0.2) is 5.84 Å². The van der Waals surface area contributed by atoms with Crippen LogP contribution in [0.15, 0.2) is 162 Å². The van der Waals surface area contributed by atoms with E-state index in [4.69, 9.17) is 9.98 Å². The van der Waals surface area contributed by atoms with Crippen LogP contribution < -0.4 is 4.90 Å².